The van der Waals surface area contributed by atoms with Crippen LogP contribution in [0.1, 0.15) is 13.3 Å². The molecule has 2 unspecified atom stereocenters. The van der Waals surface area contributed by atoms with E-state index < -0.39 is 11.5 Å². The summed E-state index contributed by atoms with van der Waals surface area (Å²) in [6.45, 7) is 1.93. The molecule has 0 spiro atoms. The highest BCUT2D eigenvalue weighted by molar-refractivity contribution is 5.86. The molecule has 0 aromatic heterocycles. The Morgan fingerprint density at radius 3 is 2.85 bits per heavy atom. The van der Waals surface area contributed by atoms with Crippen LogP contribution in [0.25, 0.3) is 0 Å². The van der Waals surface area contributed by atoms with Gasteiger partial charge in [0.1, 0.15) is 5.54 Å². The first kappa shape index (κ1) is 9.98. The van der Waals surface area contributed by atoms with Crippen molar-refractivity contribution in [2.24, 2.45) is 11.7 Å². The van der Waals surface area contributed by atoms with E-state index in [1.54, 1.807) is 6.92 Å². The lowest BCUT2D eigenvalue weighted by Gasteiger charge is -2.36. The average Bonchev–Trinajstić information content (AvgIpc) is 2.11. The largest absolute Gasteiger partial charge is 0.468 e. The molecule has 5 nitrogen and oxygen atoms in total. The van der Waals surface area contributed by atoms with Crippen molar-refractivity contribution < 1.29 is 14.3 Å². The predicted octanol–water partition coefficient (Wildman–Crippen LogP) is -0.987. The van der Waals surface area contributed by atoms with Gasteiger partial charge >= 0.3 is 5.97 Å². The minimum atomic E-state index is -1.07. The Morgan fingerprint density at radius 1 is 1.77 bits per heavy atom. The number of carbonyl (C=O) groups excluding carboxylic acids is 2. The van der Waals surface area contributed by atoms with Crippen molar-refractivity contribution in [2.45, 2.75) is 18.9 Å². The van der Waals surface area contributed by atoms with Gasteiger partial charge in [-0.15, -0.1) is 0 Å². The van der Waals surface area contributed by atoms with Gasteiger partial charge < -0.3 is 15.8 Å². The Morgan fingerprint density at radius 2 is 2.38 bits per heavy atom. The molecule has 0 aliphatic carbocycles. The SMILES string of the molecule is COC(=O)C1(N)CNC(=O)CC1C. The Hall–Kier alpha value is -1.10. The molecule has 2 atom stereocenters. The number of hydrogen-bond acceptors (Lipinski definition) is 4. The smallest absolute Gasteiger partial charge is 0.327 e. The molecule has 1 rings (SSSR count). The number of piperidine rings is 1. The van der Waals surface area contributed by atoms with Crippen LogP contribution >= 0.6 is 0 Å². The molecule has 3 N–H and O–H groups in total. The van der Waals surface area contributed by atoms with Crippen LogP contribution in [0.4, 0.5) is 0 Å². The molecule has 1 aliphatic heterocycles. The third-order valence-corrected chi connectivity index (χ3v) is 2.51. The van der Waals surface area contributed by atoms with E-state index in [2.05, 4.69) is 10.1 Å². The number of nitrogens with two attached hydrogens (primary N) is 1. The van der Waals surface area contributed by atoms with Crippen molar-refractivity contribution in [3.05, 3.63) is 0 Å². The number of nitrogens with one attached hydrogen (secondary N) is 1. The lowest BCUT2D eigenvalue weighted by molar-refractivity contribution is -0.151. The first-order chi connectivity index (χ1) is 6.00. The Labute approximate surface area is 76.6 Å². The van der Waals surface area contributed by atoms with E-state index in [9.17, 15) is 9.59 Å². The van der Waals surface area contributed by atoms with Gasteiger partial charge in [-0.25, -0.2) is 4.79 Å². The molecule has 0 radical (unpaired) electrons. The van der Waals surface area contributed by atoms with E-state index in [4.69, 9.17) is 5.73 Å². The van der Waals surface area contributed by atoms with E-state index in [1.807, 2.05) is 0 Å². The topological polar surface area (TPSA) is 81.4 Å². The van der Waals surface area contributed by atoms with Gasteiger partial charge in [0.05, 0.1) is 7.11 Å². The van der Waals surface area contributed by atoms with Crippen LogP contribution in [0.15, 0.2) is 0 Å². The van der Waals surface area contributed by atoms with Gasteiger partial charge in [-0.2, -0.15) is 0 Å². The highest BCUT2D eigenvalue weighted by Gasteiger charge is 2.44. The number of methoxy groups -OCH3 is 1. The van der Waals surface area contributed by atoms with Gasteiger partial charge in [0, 0.05) is 13.0 Å². The first-order valence-electron chi connectivity index (χ1n) is 4.14. The minimum Gasteiger partial charge on any atom is -0.468 e. The van der Waals surface area contributed by atoms with Crippen molar-refractivity contribution in [3.8, 4) is 0 Å². The third kappa shape index (κ3) is 1.65. The van der Waals surface area contributed by atoms with E-state index in [-0.39, 0.29) is 24.8 Å². The zero-order valence-corrected chi connectivity index (χ0v) is 7.79. The fraction of sp³-hybridized carbons (Fsp3) is 0.750. The number of hydrogen-bond donors (Lipinski definition) is 2. The summed E-state index contributed by atoms with van der Waals surface area (Å²) in [7, 11) is 1.29. The summed E-state index contributed by atoms with van der Waals surface area (Å²) in [5.74, 6) is -0.730. The fourth-order valence-electron chi connectivity index (χ4n) is 1.41. The maximum absolute atomic E-state index is 11.3. The Bertz CT molecular complexity index is 242. The normalized spacial score (nSPS) is 33.8. The zero-order valence-electron chi connectivity index (χ0n) is 7.79. The highest BCUT2D eigenvalue weighted by Crippen LogP contribution is 2.22. The standard InChI is InChI=1S/C8H14N2O3/c1-5-3-6(11)10-4-8(5,9)7(12)13-2/h5H,3-4,9H2,1-2H3,(H,10,11). The maximum Gasteiger partial charge on any atom is 0.327 e. The third-order valence-electron chi connectivity index (χ3n) is 2.51. The summed E-state index contributed by atoms with van der Waals surface area (Å²) in [5.41, 5.74) is 4.76. The Balaban J connectivity index is 2.78. The molecule has 1 fully saturated rings. The summed E-state index contributed by atoms with van der Waals surface area (Å²) >= 11 is 0. The quantitative estimate of drug-likeness (QED) is 0.515. The number of amides is 1. The van der Waals surface area contributed by atoms with E-state index >= 15 is 0 Å². The molecule has 1 amide bonds. The molecule has 13 heavy (non-hydrogen) atoms. The van der Waals surface area contributed by atoms with Gasteiger partial charge in [0.25, 0.3) is 0 Å². The molecule has 74 valence electrons. The van der Waals surface area contributed by atoms with Crippen molar-refractivity contribution >= 4 is 11.9 Å². The number of esters is 1. The van der Waals surface area contributed by atoms with Crippen LogP contribution in [0.2, 0.25) is 0 Å². The van der Waals surface area contributed by atoms with Gasteiger partial charge in [-0.1, -0.05) is 6.92 Å². The number of rotatable bonds is 1. The van der Waals surface area contributed by atoms with Crippen LogP contribution in [-0.4, -0.2) is 31.1 Å². The summed E-state index contributed by atoms with van der Waals surface area (Å²) in [4.78, 5) is 22.3. The van der Waals surface area contributed by atoms with Crippen LogP contribution in [-0.2, 0) is 14.3 Å². The molecule has 1 saturated heterocycles. The predicted molar refractivity (Wildman–Crippen MR) is 45.7 cm³/mol. The zero-order chi connectivity index (χ0) is 10.1. The molecule has 0 aromatic rings. The molecule has 0 bridgehead atoms. The molecule has 1 heterocycles. The van der Waals surface area contributed by atoms with Gasteiger partial charge in [0.2, 0.25) is 5.91 Å². The van der Waals surface area contributed by atoms with E-state index in [1.165, 1.54) is 7.11 Å². The van der Waals surface area contributed by atoms with Crippen molar-refractivity contribution in [1.29, 1.82) is 0 Å². The fourth-order valence-corrected chi connectivity index (χ4v) is 1.41. The lowest BCUT2D eigenvalue weighted by Crippen LogP contribution is -2.64. The summed E-state index contributed by atoms with van der Waals surface area (Å²) in [6.07, 6.45) is 0.269. The molecule has 5 heteroatoms. The molecule has 0 aromatic carbocycles. The Kier molecular flexibility index (Phi) is 2.56. The molecular weight excluding hydrogens is 172 g/mol. The van der Waals surface area contributed by atoms with E-state index in [0.29, 0.717) is 0 Å². The van der Waals surface area contributed by atoms with Gasteiger partial charge in [-0.05, 0) is 5.92 Å². The van der Waals surface area contributed by atoms with Crippen molar-refractivity contribution in [2.75, 3.05) is 13.7 Å². The highest BCUT2D eigenvalue weighted by atomic mass is 16.5. The lowest BCUT2D eigenvalue weighted by atomic mass is 9.81. The monoisotopic (exact) mass is 186 g/mol. The van der Waals surface area contributed by atoms with Crippen LogP contribution in [0.3, 0.4) is 0 Å². The second-order valence-electron chi connectivity index (χ2n) is 3.41. The van der Waals surface area contributed by atoms with Crippen molar-refractivity contribution in [1.82, 2.24) is 5.32 Å². The summed E-state index contributed by atoms with van der Waals surface area (Å²) in [6, 6.07) is 0. The van der Waals surface area contributed by atoms with Gasteiger partial charge in [0.15, 0.2) is 0 Å². The number of carbonyl (C=O) groups is 2. The number of ether oxygens (including phenoxy) is 1. The van der Waals surface area contributed by atoms with Gasteiger partial charge in [-0.3, -0.25) is 4.79 Å². The molecule has 0 saturated carbocycles. The average molecular weight is 186 g/mol. The first-order valence-corrected chi connectivity index (χ1v) is 4.14. The summed E-state index contributed by atoms with van der Waals surface area (Å²) in [5, 5.41) is 2.55. The maximum atomic E-state index is 11.3. The second kappa shape index (κ2) is 3.33. The molecular formula is C8H14N2O3. The molecule has 1 aliphatic rings. The van der Waals surface area contributed by atoms with Crippen molar-refractivity contribution in [3.63, 3.8) is 0 Å². The van der Waals surface area contributed by atoms with E-state index in [0.717, 1.165) is 0 Å². The van der Waals surface area contributed by atoms with Crippen LogP contribution in [0, 0.1) is 5.92 Å². The van der Waals surface area contributed by atoms with Crippen LogP contribution < -0.4 is 11.1 Å². The second-order valence-corrected chi connectivity index (χ2v) is 3.41. The van der Waals surface area contributed by atoms with Crippen LogP contribution in [0.5, 0.6) is 0 Å². The minimum absolute atomic E-state index is 0.0718. The summed E-state index contributed by atoms with van der Waals surface area (Å²) < 4.78 is 4.58.